The van der Waals surface area contributed by atoms with Crippen molar-refractivity contribution >= 4 is 10.8 Å². The van der Waals surface area contributed by atoms with Gasteiger partial charge in [0, 0.05) is 36.6 Å². The normalized spacial score (nSPS) is 12.7. The quantitative estimate of drug-likeness (QED) is 0.789. The van der Waals surface area contributed by atoms with E-state index in [0.29, 0.717) is 0 Å². The Bertz CT molecular complexity index is 712. The number of hydrogen-bond acceptors (Lipinski definition) is 3. The van der Waals surface area contributed by atoms with Crippen molar-refractivity contribution in [3.8, 4) is 0 Å². The molecule has 0 saturated heterocycles. The minimum absolute atomic E-state index is 0.0693. The van der Waals surface area contributed by atoms with Crippen LogP contribution in [0.25, 0.3) is 10.8 Å². The number of pyridine rings is 1. The maximum atomic E-state index is 4.54. The van der Waals surface area contributed by atoms with Crippen molar-refractivity contribution in [2.45, 2.75) is 13.0 Å². The Morgan fingerprint density at radius 2 is 2.05 bits per heavy atom. The van der Waals surface area contributed by atoms with E-state index in [0.717, 1.165) is 17.6 Å². The van der Waals surface area contributed by atoms with Crippen LogP contribution in [0.4, 0.5) is 0 Å². The van der Waals surface area contributed by atoms with E-state index in [1.165, 1.54) is 10.9 Å². The van der Waals surface area contributed by atoms with Crippen molar-refractivity contribution in [1.29, 1.82) is 0 Å². The highest BCUT2D eigenvalue weighted by Gasteiger charge is 2.18. The molecule has 4 heteroatoms. The van der Waals surface area contributed by atoms with Crippen LogP contribution < -0.4 is 5.32 Å². The molecule has 2 heterocycles. The van der Waals surface area contributed by atoms with Crippen molar-refractivity contribution in [1.82, 2.24) is 20.1 Å². The molecule has 3 aromatic rings. The summed E-state index contributed by atoms with van der Waals surface area (Å²) in [6.07, 6.45) is 5.81. The van der Waals surface area contributed by atoms with E-state index in [1.807, 2.05) is 36.4 Å². The van der Waals surface area contributed by atoms with Gasteiger partial charge in [0.05, 0.1) is 11.7 Å². The number of hydrogen-bond donors (Lipinski definition) is 1. The van der Waals surface area contributed by atoms with Crippen molar-refractivity contribution in [3.05, 3.63) is 60.2 Å². The second kappa shape index (κ2) is 5.43. The summed E-state index contributed by atoms with van der Waals surface area (Å²) in [4.78, 5) is 4.37. The molecule has 20 heavy (non-hydrogen) atoms. The lowest BCUT2D eigenvalue weighted by molar-refractivity contribution is 0.601. The molecule has 1 unspecified atom stereocenters. The number of aryl methyl sites for hydroxylation is 1. The van der Waals surface area contributed by atoms with Crippen LogP contribution in [0.1, 0.15) is 24.2 Å². The third-order valence-corrected chi connectivity index (χ3v) is 3.45. The number of fused-ring (bicyclic) bond motifs is 1. The fourth-order valence-corrected chi connectivity index (χ4v) is 2.53. The molecule has 4 nitrogen and oxygen atoms in total. The topological polar surface area (TPSA) is 42.7 Å². The Balaban J connectivity index is 2.14. The molecule has 1 aromatic carbocycles. The first-order valence-electron chi connectivity index (χ1n) is 6.85. The van der Waals surface area contributed by atoms with Gasteiger partial charge in [-0.05, 0) is 18.0 Å². The third-order valence-electron chi connectivity index (χ3n) is 3.45. The maximum absolute atomic E-state index is 4.54. The Hall–Kier alpha value is -2.20. The van der Waals surface area contributed by atoms with E-state index in [-0.39, 0.29) is 6.04 Å². The van der Waals surface area contributed by atoms with E-state index in [1.54, 1.807) is 0 Å². The molecule has 0 aliphatic heterocycles. The van der Waals surface area contributed by atoms with E-state index in [9.17, 15) is 0 Å². The van der Waals surface area contributed by atoms with Crippen LogP contribution in [0.3, 0.4) is 0 Å². The molecule has 0 aliphatic rings. The summed E-state index contributed by atoms with van der Waals surface area (Å²) in [5.74, 6) is 0. The van der Waals surface area contributed by atoms with Crippen molar-refractivity contribution in [2.24, 2.45) is 7.05 Å². The first-order valence-corrected chi connectivity index (χ1v) is 6.85. The van der Waals surface area contributed by atoms with E-state index < -0.39 is 0 Å². The SMILES string of the molecule is CCNC(c1ccn(C)n1)c1cncc2ccccc12. The van der Waals surface area contributed by atoms with Crippen LogP contribution >= 0.6 is 0 Å². The molecule has 0 spiro atoms. The van der Waals surface area contributed by atoms with Crippen molar-refractivity contribution in [3.63, 3.8) is 0 Å². The second-order valence-electron chi connectivity index (χ2n) is 4.85. The zero-order valence-corrected chi connectivity index (χ0v) is 11.7. The Morgan fingerprint density at radius 3 is 2.80 bits per heavy atom. The number of benzene rings is 1. The first-order chi connectivity index (χ1) is 9.79. The Kier molecular flexibility index (Phi) is 3.48. The highest BCUT2D eigenvalue weighted by atomic mass is 15.3. The lowest BCUT2D eigenvalue weighted by Gasteiger charge is -2.17. The van der Waals surface area contributed by atoms with Gasteiger partial charge in [0.1, 0.15) is 0 Å². The highest BCUT2D eigenvalue weighted by Crippen LogP contribution is 2.27. The fraction of sp³-hybridized carbons (Fsp3) is 0.250. The largest absolute Gasteiger partial charge is 0.305 e. The van der Waals surface area contributed by atoms with E-state index in [2.05, 4.69) is 46.6 Å². The van der Waals surface area contributed by atoms with Crippen LogP contribution in [0.15, 0.2) is 48.9 Å². The molecule has 0 bridgehead atoms. The smallest absolute Gasteiger partial charge is 0.0840 e. The van der Waals surface area contributed by atoms with Gasteiger partial charge in [-0.2, -0.15) is 5.10 Å². The average molecular weight is 266 g/mol. The van der Waals surface area contributed by atoms with Gasteiger partial charge in [-0.15, -0.1) is 0 Å². The molecule has 1 N–H and O–H groups in total. The van der Waals surface area contributed by atoms with Crippen LogP contribution in [-0.4, -0.2) is 21.3 Å². The summed E-state index contributed by atoms with van der Waals surface area (Å²) in [5, 5.41) is 10.4. The highest BCUT2D eigenvalue weighted by molar-refractivity contribution is 5.85. The number of nitrogens with zero attached hydrogens (tertiary/aromatic N) is 3. The van der Waals surface area contributed by atoms with Gasteiger partial charge >= 0.3 is 0 Å². The molecule has 0 fully saturated rings. The molecular weight excluding hydrogens is 248 g/mol. The predicted octanol–water partition coefficient (Wildman–Crippen LogP) is 2.67. The molecule has 0 amide bonds. The minimum Gasteiger partial charge on any atom is -0.305 e. The lowest BCUT2D eigenvalue weighted by Crippen LogP contribution is -2.23. The zero-order chi connectivity index (χ0) is 13.9. The predicted molar refractivity (Wildman–Crippen MR) is 80.5 cm³/mol. The minimum atomic E-state index is 0.0693. The summed E-state index contributed by atoms with van der Waals surface area (Å²) in [5.41, 5.74) is 2.19. The van der Waals surface area contributed by atoms with Gasteiger partial charge in [0.15, 0.2) is 0 Å². The van der Waals surface area contributed by atoms with Gasteiger partial charge in [-0.3, -0.25) is 9.67 Å². The first kappa shape index (κ1) is 12.8. The van der Waals surface area contributed by atoms with Crippen molar-refractivity contribution in [2.75, 3.05) is 6.54 Å². The monoisotopic (exact) mass is 266 g/mol. The van der Waals surface area contributed by atoms with Crippen LogP contribution in [0.5, 0.6) is 0 Å². The molecule has 2 aromatic heterocycles. The van der Waals surface area contributed by atoms with Gasteiger partial charge in [-0.25, -0.2) is 0 Å². The Labute approximate surface area is 118 Å². The maximum Gasteiger partial charge on any atom is 0.0840 e. The summed E-state index contributed by atoms with van der Waals surface area (Å²) >= 11 is 0. The van der Waals surface area contributed by atoms with Gasteiger partial charge in [0.25, 0.3) is 0 Å². The number of rotatable bonds is 4. The zero-order valence-electron chi connectivity index (χ0n) is 11.7. The molecule has 0 aliphatic carbocycles. The van der Waals surface area contributed by atoms with Gasteiger partial charge in [-0.1, -0.05) is 31.2 Å². The summed E-state index contributed by atoms with van der Waals surface area (Å²) in [6.45, 7) is 2.99. The third kappa shape index (κ3) is 2.30. The molecule has 1 atom stereocenters. The summed E-state index contributed by atoms with van der Waals surface area (Å²) in [7, 11) is 1.94. The molecule has 0 saturated carbocycles. The number of nitrogens with one attached hydrogen (secondary N) is 1. The summed E-state index contributed by atoms with van der Waals surface area (Å²) in [6, 6.07) is 10.5. The molecular formula is C16H18N4. The fourth-order valence-electron chi connectivity index (χ4n) is 2.53. The molecule has 102 valence electrons. The average Bonchev–Trinajstić information content (AvgIpc) is 2.91. The molecule has 3 rings (SSSR count). The van der Waals surface area contributed by atoms with Crippen LogP contribution in [0.2, 0.25) is 0 Å². The van der Waals surface area contributed by atoms with Gasteiger partial charge in [0.2, 0.25) is 0 Å². The number of aromatic nitrogens is 3. The summed E-state index contributed by atoms with van der Waals surface area (Å²) < 4.78 is 1.83. The lowest BCUT2D eigenvalue weighted by atomic mass is 9.99. The van der Waals surface area contributed by atoms with Crippen LogP contribution in [-0.2, 0) is 7.05 Å². The molecule has 0 radical (unpaired) electrons. The van der Waals surface area contributed by atoms with Gasteiger partial charge < -0.3 is 5.32 Å². The Morgan fingerprint density at radius 1 is 1.20 bits per heavy atom. The van der Waals surface area contributed by atoms with Crippen molar-refractivity contribution < 1.29 is 0 Å². The van der Waals surface area contributed by atoms with E-state index in [4.69, 9.17) is 0 Å². The van der Waals surface area contributed by atoms with E-state index >= 15 is 0 Å². The second-order valence-corrected chi connectivity index (χ2v) is 4.85. The standard InChI is InChI=1S/C16H18N4/c1-3-18-16(15-8-9-20(2)19-15)14-11-17-10-12-6-4-5-7-13(12)14/h4-11,16,18H,3H2,1-2H3. The van der Waals surface area contributed by atoms with Crippen LogP contribution in [0, 0.1) is 0 Å².